The number of nitrogens with one attached hydrogen (secondary N) is 1. The van der Waals surface area contributed by atoms with Crippen LogP contribution in [0.3, 0.4) is 0 Å². The van der Waals surface area contributed by atoms with Gasteiger partial charge in [-0.25, -0.2) is 14.8 Å². The second kappa shape index (κ2) is 7.29. The number of aromatic nitrogens is 4. The molecule has 4 rings (SSSR count). The fourth-order valence-corrected chi connectivity index (χ4v) is 3.64. The zero-order valence-electron chi connectivity index (χ0n) is 14.6. The molecule has 0 radical (unpaired) electrons. The number of nitrogens with zero attached hydrogens (tertiary/aromatic N) is 6. The Bertz CT molecular complexity index is 950. The van der Waals surface area contributed by atoms with Gasteiger partial charge in [-0.1, -0.05) is 0 Å². The molecule has 27 heavy (non-hydrogen) atoms. The lowest BCUT2D eigenvalue weighted by atomic mass is 10.2. The van der Waals surface area contributed by atoms with E-state index >= 15 is 0 Å². The Labute approximate surface area is 159 Å². The summed E-state index contributed by atoms with van der Waals surface area (Å²) in [6, 6.07) is 3.53. The number of nitrogen functional groups attached to an aromatic ring is 1. The number of pyridine rings is 1. The zero-order valence-corrected chi connectivity index (χ0v) is 15.4. The van der Waals surface area contributed by atoms with E-state index in [0.29, 0.717) is 31.1 Å². The summed E-state index contributed by atoms with van der Waals surface area (Å²) in [5, 5.41) is 4.29. The molecular formula is C16H18N8O2S. The molecule has 1 amide bonds. The maximum absolute atomic E-state index is 12.1. The zero-order chi connectivity index (χ0) is 18.8. The monoisotopic (exact) mass is 386 g/mol. The number of hydrogen-bond acceptors (Lipinski definition) is 10. The van der Waals surface area contributed by atoms with E-state index in [2.05, 4.69) is 30.2 Å². The Hall–Kier alpha value is -3.05. The standard InChI is InChI=1S/C16H18N8O2S/c1-10-8-23(26-16(25)20-11-3-2-4-18-7-11)5-6-24(10)13-12-14(27-9-19-12)22-15(17)21-13/h2-4,7,9-10H,5-6,8H2,1H3,(H,20,25)(H2,17,21,22)/t10-/m0/s1. The first-order valence-electron chi connectivity index (χ1n) is 8.37. The third-order valence-electron chi connectivity index (χ3n) is 4.18. The average molecular weight is 386 g/mol. The Kier molecular flexibility index (Phi) is 4.69. The fraction of sp³-hybridized carbons (Fsp3) is 0.312. The molecule has 11 heteroatoms. The lowest BCUT2D eigenvalue weighted by Gasteiger charge is -2.39. The van der Waals surface area contributed by atoms with E-state index in [9.17, 15) is 4.79 Å². The summed E-state index contributed by atoms with van der Waals surface area (Å²) in [5.41, 5.74) is 8.89. The topological polar surface area (TPSA) is 122 Å². The van der Waals surface area contributed by atoms with Crippen molar-refractivity contribution in [2.75, 3.05) is 35.6 Å². The second-order valence-electron chi connectivity index (χ2n) is 6.09. The summed E-state index contributed by atoms with van der Waals surface area (Å²) in [4.78, 5) is 37.2. The van der Waals surface area contributed by atoms with Crippen molar-refractivity contribution in [3.05, 3.63) is 30.0 Å². The number of rotatable bonds is 3. The number of carbonyl (C=O) groups is 1. The number of carbonyl (C=O) groups excluding carboxylic acids is 1. The first kappa shape index (κ1) is 17.4. The molecule has 4 heterocycles. The number of hydrogen-bond donors (Lipinski definition) is 2. The van der Waals surface area contributed by atoms with Crippen molar-refractivity contribution in [2.24, 2.45) is 0 Å². The number of piperazine rings is 1. The minimum Gasteiger partial charge on any atom is -0.368 e. The lowest BCUT2D eigenvalue weighted by molar-refractivity contribution is -0.103. The van der Waals surface area contributed by atoms with Gasteiger partial charge in [-0.15, -0.1) is 16.4 Å². The van der Waals surface area contributed by atoms with E-state index in [-0.39, 0.29) is 12.0 Å². The largest absolute Gasteiger partial charge is 0.430 e. The van der Waals surface area contributed by atoms with Crippen LogP contribution in [-0.2, 0) is 4.84 Å². The molecule has 3 aromatic rings. The highest BCUT2D eigenvalue weighted by atomic mass is 32.1. The smallest absolute Gasteiger partial charge is 0.368 e. The molecule has 0 spiro atoms. The predicted molar refractivity (Wildman–Crippen MR) is 102 cm³/mol. The van der Waals surface area contributed by atoms with Gasteiger partial charge in [0.2, 0.25) is 5.95 Å². The van der Waals surface area contributed by atoms with Gasteiger partial charge in [0, 0.05) is 18.8 Å². The van der Waals surface area contributed by atoms with Crippen molar-refractivity contribution in [1.82, 2.24) is 25.0 Å². The van der Waals surface area contributed by atoms with E-state index in [1.807, 2.05) is 6.92 Å². The molecule has 0 saturated carbocycles. The molecule has 0 aromatic carbocycles. The summed E-state index contributed by atoms with van der Waals surface area (Å²) < 4.78 is 0. The third-order valence-corrected chi connectivity index (χ3v) is 4.90. The average Bonchev–Trinajstić information content (AvgIpc) is 3.10. The van der Waals surface area contributed by atoms with Gasteiger partial charge < -0.3 is 15.5 Å². The predicted octanol–water partition coefficient (Wildman–Crippen LogP) is 1.74. The van der Waals surface area contributed by atoms with Crippen molar-refractivity contribution >= 4 is 45.2 Å². The van der Waals surface area contributed by atoms with Crippen LogP contribution in [0.4, 0.5) is 22.2 Å². The van der Waals surface area contributed by atoms with Crippen LogP contribution >= 0.6 is 11.3 Å². The highest BCUT2D eigenvalue weighted by Crippen LogP contribution is 2.28. The van der Waals surface area contributed by atoms with E-state index in [1.54, 1.807) is 35.1 Å². The molecule has 0 bridgehead atoms. The van der Waals surface area contributed by atoms with Crippen molar-refractivity contribution in [2.45, 2.75) is 13.0 Å². The summed E-state index contributed by atoms with van der Waals surface area (Å²) in [5.74, 6) is 0.939. The number of thiazole rings is 1. The van der Waals surface area contributed by atoms with Crippen molar-refractivity contribution in [1.29, 1.82) is 0 Å². The lowest BCUT2D eigenvalue weighted by Crippen LogP contribution is -2.53. The van der Waals surface area contributed by atoms with Gasteiger partial charge in [-0.2, -0.15) is 4.98 Å². The molecule has 10 nitrogen and oxygen atoms in total. The quantitative estimate of drug-likeness (QED) is 0.693. The van der Waals surface area contributed by atoms with Gasteiger partial charge in [-0.05, 0) is 19.1 Å². The molecule has 3 aromatic heterocycles. The maximum Gasteiger partial charge on any atom is 0.430 e. The minimum atomic E-state index is -0.545. The van der Waals surface area contributed by atoms with Crippen LogP contribution in [-0.4, -0.2) is 56.8 Å². The van der Waals surface area contributed by atoms with Gasteiger partial charge >= 0.3 is 6.09 Å². The Morgan fingerprint density at radius 1 is 1.41 bits per heavy atom. The number of fused-ring (bicyclic) bond motifs is 1. The molecule has 0 unspecified atom stereocenters. The third kappa shape index (κ3) is 3.73. The number of anilines is 3. The first-order chi connectivity index (χ1) is 13.1. The van der Waals surface area contributed by atoms with E-state index < -0.39 is 6.09 Å². The van der Waals surface area contributed by atoms with Crippen molar-refractivity contribution in [3.63, 3.8) is 0 Å². The molecule has 3 N–H and O–H groups in total. The molecule has 1 saturated heterocycles. The second-order valence-corrected chi connectivity index (χ2v) is 6.92. The minimum absolute atomic E-state index is 0.0455. The Morgan fingerprint density at radius 3 is 3.07 bits per heavy atom. The van der Waals surface area contributed by atoms with Crippen LogP contribution in [0.1, 0.15) is 6.92 Å². The Balaban J connectivity index is 1.42. The molecule has 0 aliphatic carbocycles. The van der Waals surface area contributed by atoms with Crippen LogP contribution in [0.2, 0.25) is 0 Å². The van der Waals surface area contributed by atoms with Gasteiger partial charge in [0.25, 0.3) is 0 Å². The molecule has 1 aliphatic rings. The van der Waals surface area contributed by atoms with Gasteiger partial charge in [0.15, 0.2) is 10.6 Å². The molecule has 1 fully saturated rings. The van der Waals surface area contributed by atoms with Crippen molar-refractivity contribution < 1.29 is 9.63 Å². The van der Waals surface area contributed by atoms with Crippen LogP contribution in [0, 0.1) is 0 Å². The number of hydroxylamine groups is 2. The van der Waals surface area contributed by atoms with E-state index in [0.717, 1.165) is 10.3 Å². The molecule has 1 aliphatic heterocycles. The number of amides is 1. The van der Waals surface area contributed by atoms with Crippen LogP contribution in [0.25, 0.3) is 10.3 Å². The van der Waals surface area contributed by atoms with Crippen LogP contribution in [0.5, 0.6) is 0 Å². The van der Waals surface area contributed by atoms with Gasteiger partial charge in [0.05, 0.1) is 30.5 Å². The molecule has 140 valence electrons. The van der Waals surface area contributed by atoms with Crippen LogP contribution < -0.4 is 16.0 Å². The van der Waals surface area contributed by atoms with Gasteiger partial charge in [-0.3, -0.25) is 10.3 Å². The summed E-state index contributed by atoms with van der Waals surface area (Å²) in [7, 11) is 0. The highest BCUT2D eigenvalue weighted by molar-refractivity contribution is 7.16. The maximum atomic E-state index is 12.1. The Morgan fingerprint density at radius 2 is 2.30 bits per heavy atom. The molecular weight excluding hydrogens is 368 g/mol. The first-order valence-corrected chi connectivity index (χ1v) is 9.25. The highest BCUT2D eigenvalue weighted by Gasteiger charge is 2.29. The summed E-state index contributed by atoms with van der Waals surface area (Å²) in [6.45, 7) is 3.70. The van der Waals surface area contributed by atoms with Gasteiger partial charge in [0.1, 0.15) is 5.52 Å². The SMILES string of the molecule is C[C@H]1CN(OC(=O)Nc2cccnc2)CCN1c1nc(N)nc2scnc12. The normalized spacial score (nSPS) is 17.8. The summed E-state index contributed by atoms with van der Waals surface area (Å²) in [6.07, 6.45) is 2.65. The fourth-order valence-electron chi connectivity index (χ4n) is 2.98. The van der Waals surface area contributed by atoms with E-state index in [1.165, 1.54) is 11.3 Å². The van der Waals surface area contributed by atoms with Crippen molar-refractivity contribution in [3.8, 4) is 0 Å². The summed E-state index contributed by atoms with van der Waals surface area (Å²) >= 11 is 1.43. The van der Waals surface area contributed by atoms with E-state index in [4.69, 9.17) is 10.6 Å². The number of nitrogens with two attached hydrogens (primary N) is 1. The van der Waals surface area contributed by atoms with Crippen LogP contribution in [0.15, 0.2) is 30.0 Å². The molecule has 1 atom stereocenters.